The average Bonchev–Trinajstić information content (AvgIpc) is 3.26. The lowest BCUT2D eigenvalue weighted by molar-refractivity contribution is -0.203. The molecule has 0 aromatic carbocycles. The second-order valence-corrected chi connectivity index (χ2v) is 8.92. The highest BCUT2D eigenvalue weighted by Crippen LogP contribution is 2.36. The van der Waals surface area contributed by atoms with Crippen LogP contribution in [0.2, 0.25) is 0 Å². The first-order chi connectivity index (χ1) is 12.7. The smallest absolute Gasteiger partial charge is 0.239 e. The molecule has 2 aliphatic heterocycles. The summed E-state index contributed by atoms with van der Waals surface area (Å²) >= 11 is 1.81. The first-order valence-electron chi connectivity index (χ1n) is 9.57. The van der Waals surface area contributed by atoms with Crippen molar-refractivity contribution in [2.45, 2.75) is 31.0 Å². The number of carbonyl (C=O) groups is 1. The van der Waals surface area contributed by atoms with Gasteiger partial charge in [0, 0.05) is 51.3 Å². The summed E-state index contributed by atoms with van der Waals surface area (Å²) in [6.45, 7) is 6.43. The predicted molar refractivity (Wildman–Crippen MR) is 101 cm³/mol. The van der Waals surface area contributed by atoms with Crippen molar-refractivity contribution in [2.75, 3.05) is 53.0 Å². The van der Waals surface area contributed by atoms with E-state index in [4.69, 9.17) is 9.47 Å². The third-order valence-corrected chi connectivity index (χ3v) is 6.42. The molecule has 4 rings (SSSR count). The van der Waals surface area contributed by atoms with Gasteiger partial charge in [0.15, 0.2) is 0 Å². The normalized spacial score (nSPS) is 26.0. The number of ether oxygens (including phenoxy) is 2. The summed E-state index contributed by atoms with van der Waals surface area (Å²) < 4.78 is 11.3. The van der Waals surface area contributed by atoms with Crippen LogP contribution in [0.1, 0.15) is 17.7 Å². The summed E-state index contributed by atoms with van der Waals surface area (Å²) in [4.78, 5) is 18.8. The zero-order chi connectivity index (χ0) is 18.0. The molecule has 1 amide bonds. The van der Waals surface area contributed by atoms with Crippen molar-refractivity contribution < 1.29 is 14.3 Å². The fraction of sp³-hybridized carbons (Fsp3) is 0.737. The van der Waals surface area contributed by atoms with Crippen LogP contribution in [0.25, 0.3) is 0 Å². The zero-order valence-corrected chi connectivity index (χ0v) is 16.3. The number of methoxy groups -OCH3 is 1. The van der Waals surface area contributed by atoms with Crippen LogP contribution in [-0.4, -0.2) is 80.4 Å². The van der Waals surface area contributed by atoms with Gasteiger partial charge in [0.05, 0.1) is 13.2 Å². The monoisotopic (exact) mass is 379 g/mol. The van der Waals surface area contributed by atoms with Crippen molar-refractivity contribution in [3.63, 3.8) is 0 Å². The minimum absolute atomic E-state index is 0.0762. The quantitative estimate of drug-likeness (QED) is 0.688. The lowest BCUT2D eigenvalue weighted by atomic mass is 9.90. The standard InChI is InChI=1S/C19H29N3O3S/c1-24-7-6-20-18(23)17-11-25-19(14-22(17)9-15-4-5-15)12-21(13-19)10-16-3-2-8-26-16/h2-3,8,15,17H,4-7,9-14H2,1H3,(H,20,23). The maximum absolute atomic E-state index is 12.6. The summed E-state index contributed by atoms with van der Waals surface area (Å²) in [5.41, 5.74) is -0.0878. The maximum Gasteiger partial charge on any atom is 0.239 e. The largest absolute Gasteiger partial charge is 0.383 e. The van der Waals surface area contributed by atoms with Crippen molar-refractivity contribution in [1.29, 1.82) is 0 Å². The van der Waals surface area contributed by atoms with Crippen molar-refractivity contribution in [3.05, 3.63) is 22.4 Å². The molecule has 6 nitrogen and oxygen atoms in total. The Kier molecular flexibility index (Phi) is 5.61. The molecule has 1 aliphatic carbocycles. The molecule has 1 spiro atoms. The van der Waals surface area contributed by atoms with E-state index in [0.29, 0.717) is 19.8 Å². The van der Waals surface area contributed by atoms with Crippen LogP contribution < -0.4 is 5.32 Å². The van der Waals surface area contributed by atoms with Crippen LogP contribution in [0.5, 0.6) is 0 Å². The zero-order valence-electron chi connectivity index (χ0n) is 15.5. The fourth-order valence-corrected chi connectivity index (χ4v) is 4.79. The molecule has 1 unspecified atom stereocenters. The van der Waals surface area contributed by atoms with Gasteiger partial charge in [-0.1, -0.05) is 6.07 Å². The topological polar surface area (TPSA) is 54.0 Å². The molecule has 1 aromatic rings. The van der Waals surface area contributed by atoms with E-state index in [2.05, 4.69) is 32.6 Å². The molecule has 1 aromatic heterocycles. The number of morpholine rings is 1. The van der Waals surface area contributed by atoms with Crippen molar-refractivity contribution in [2.24, 2.45) is 5.92 Å². The van der Waals surface area contributed by atoms with E-state index in [1.54, 1.807) is 7.11 Å². The Balaban J connectivity index is 1.32. The van der Waals surface area contributed by atoms with E-state index in [0.717, 1.165) is 38.6 Å². The molecule has 1 atom stereocenters. The summed E-state index contributed by atoms with van der Waals surface area (Å²) in [6, 6.07) is 4.14. The molecule has 1 saturated carbocycles. The number of nitrogens with zero attached hydrogens (tertiary/aromatic N) is 2. The minimum atomic E-state index is -0.163. The van der Waals surface area contributed by atoms with Crippen LogP contribution in [0.15, 0.2) is 17.5 Å². The Morgan fingerprint density at radius 1 is 1.42 bits per heavy atom. The first-order valence-corrected chi connectivity index (χ1v) is 10.4. The number of likely N-dealkylation sites (tertiary alicyclic amines) is 1. The van der Waals surface area contributed by atoms with Gasteiger partial charge in [0.2, 0.25) is 5.91 Å². The van der Waals surface area contributed by atoms with Crippen LogP contribution >= 0.6 is 11.3 Å². The first kappa shape index (κ1) is 18.4. The van der Waals surface area contributed by atoms with E-state index < -0.39 is 0 Å². The van der Waals surface area contributed by atoms with E-state index in [-0.39, 0.29) is 17.6 Å². The molecule has 7 heteroatoms. The number of hydrogen-bond donors (Lipinski definition) is 1. The van der Waals surface area contributed by atoms with Gasteiger partial charge in [-0.2, -0.15) is 0 Å². The molecule has 3 aliphatic rings. The Morgan fingerprint density at radius 3 is 2.96 bits per heavy atom. The van der Waals surface area contributed by atoms with E-state index in [1.807, 2.05) is 11.3 Å². The Hall–Kier alpha value is -0.990. The number of carbonyl (C=O) groups excluding carboxylic acids is 1. The van der Waals surface area contributed by atoms with E-state index in [9.17, 15) is 4.79 Å². The third kappa shape index (κ3) is 4.28. The molecule has 144 valence electrons. The summed E-state index contributed by atoms with van der Waals surface area (Å²) in [5, 5.41) is 5.12. The van der Waals surface area contributed by atoms with Gasteiger partial charge in [-0.3, -0.25) is 14.6 Å². The van der Waals surface area contributed by atoms with Gasteiger partial charge < -0.3 is 14.8 Å². The molecule has 26 heavy (non-hydrogen) atoms. The van der Waals surface area contributed by atoms with Crippen molar-refractivity contribution >= 4 is 17.2 Å². The lowest BCUT2D eigenvalue weighted by Gasteiger charge is -2.55. The third-order valence-electron chi connectivity index (χ3n) is 5.56. The van der Waals surface area contributed by atoms with E-state index in [1.165, 1.54) is 17.7 Å². The number of thiophene rings is 1. The number of rotatable bonds is 8. The molecule has 2 saturated heterocycles. The molecule has 3 heterocycles. The highest BCUT2D eigenvalue weighted by Gasteiger charge is 2.51. The molecule has 0 bridgehead atoms. The summed E-state index contributed by atoms with van der Waals surface area (Å²) in [6.07, 6.45) is 2.60. The maximum atomic E-state index is 12.6. The minimum Gasteiger partial charge on any atom is -0.383 e. The molecular formula is C19H29N3O3S. The molecule has 0 radical (unpaired) electrons. The SMILES string of the molecule is COCCNC(=O)C1COC2(CN(Cc3cccs3)C2)CN1CC1CC1. The van der Waals surface area contributed by atoms with Crippen LogP contribution in [-0.2, 0) is 20.8 Å². The summed E-state index contributed by atoms with van der Waals surface area (Å²) in [5.74, 6) is 0.842. The molecule has 1 N–H and O–H groups in total. The highest BCUT2D eigenvalue weighted by atomic mass is 32.1. The van der Waals surface area contributed by atoms with E-state index >= 15 is 0 Å². The fourth-order valence-electron chi connectivity index (χ4n) is 4.04. The number of nitrogens with one attached hydrogen (secondary N) is 1. The summed E-state index contributed by atoms with van der Waals surface area (Å²) in [7, 11) is 1.65. The Bertz CT molecular complexity index is 599. The second kappa shape index (κ2) is 7.94. The van der Waals surface area contributed by atoms with Crippen LogP contribution in [0, 0.1) is 5.92 Å². The van der Waals surface area contributed by atoms with Gasteiger partial charge in [-0.05, 0) is 30.2 Å². The molecular weight excluding hydrogens is 350 g/mol. The molecule has 3 fully saturated rings. The highest BCUT2D eigenvalue weighted by molar-refractivity contribution is 7.09. The second-order valence-electron chi connectivity index (χ2n) is 7.89. The Labute approximate surface area is 159 Å². The van der Waals surface area contributed by atoms with Crippen molar-refractivity contribution in [3.8, 4) is 0 Å². The van der Waals surface area contributed by atoms with Crippen LogP contribution in [0.3, 0.4) is 0 Å². The number of hydrogen-bond acceptors (Lipinski definition) is 6. The van der Waals surface area contributed by atoms with Gasteiger partial charge in [0.25, 0.3) is 0 Å². The van der Waals surface area contributed by atoms with Gasteiger partial charge >= 0.3 is 0 Å². The van der Waals surface area contributed by atoms with Gasteiger partial charge in [0.1, 0.15) is 11.6 Å². The van der Waals surface area contributed by atoms with Crippen LogP contribution in [0.4, 0.5) is 0 Å². The lowest BCUT2D eigenvalue weighted by Crippen LogP contribution is -2.72. The van der Waals surface area contributed by atoms with Gasteiger partial charge in [-0.25, -0.2) is 0 Å². The Morgan fingerprint density at radius 2 is 2.27 bits per heavy atom. The average molecular weight is 380 g/mol. The number of amides is 1. The predicted octanol–water partition coefficient (Wildman–Crippen LogP) is 1.18. The van der Waals surface area contributed by atoms with Crippen molar-refractivity contribution in [1.82, 2.24) is 15.1 Å². The van der Waals surface area contributed by atoms with Gasteiger partial charge in [-0.15, -0.1) is 11.3 Å².